The number of aromatic amines is 1. The first-order chi connectivity index (χ1) is 10.5. The number of aryl methyl sites for hydroxylation is 2. The van der Waals surface area contributed by atoms with Gasteiger partial charge in [0.15, 0.2) is 5.65 Å². The summed E-state index contributed by atoms with van der Waals surface area (Å²) in [7, 11) is 1.74. The smallest absolute Gasteiger partial charge is 0.259 e. The molecule has 3 aromatic rings. The van der Waals surface area contributed by atoms with Crippen LogP contribution in [0.4, 0.5) is 14.6 Å². The Hall–Kier alpha value is -2.77. The van der Waals surface area contributed by atoms with Crippen LogP contribution in [0.1, 0.15) is 23.0 Å². The van der Waals surface area contributed by atoms with E-state index < -0.39 is 17.5 Å². The normalized spacial score (nSPS) is 11.1. The van der Waals surface area contributed by atoms with Gasteiger partial charge in [-0.25, -0.2) is 13.5 Å². The zero-order valence-corrected chi connectivity index (χ0v) is 11.9. The topological polar surface area (TPSA) is 75.6 Å². The molecule has 0 spiro atoms. The monoisotopic (exact) mass is 305 g/mol. The van der Waals surface area contributed by atoms with Crippen LogP contribution in [0.5, 0.6) is 0 Å². The van der Waals surface area contributed by atoms with Crippen LogP contribution >= 0.6 is 0 Å². The van der Waals surface area contributed by atoms with Gasteiger partial charge in [-0.05, 0) is 24.6 Å². The maximum absolute atomic E-state index is 13.6. The van der Waals surface area contributed by atoms with Crippen LogP contribution in [-0.2, 0) is 13.5 Å². The second-order valence-electron chi connectivity index (χ2n) is 4.80. The fourth-order valence-corrected chi connectivity index (χ4v) is 2.31. The molecule has 0 saturated carbocycles. The first-order valence-electron chi connectivity index (χ1n) is 6.67. The Bertz CT molecular complexity index is 868. The number of hydrogen-bond donors (Lipinski definition) is 2. The highest BCUT2D eigenvalue weighted by molar-refractivity contribution is 6.08. The molecule has 1 aromatic carbocycles. The fraction of sp³-hybridized carbons (Fsp3) is 0.214. The van der Waals surface area contributed by atoms with Gasteiger partial charge in [0, 0.05) is 7.05 Å². The Morgan fingerprint density at radius 2 is 2.18 bits per heavy atom. The molecular formula is C14H13F2N5O. The van der Waals surface area contributed by atoms with E-state index in [0.29, 0.717) is 23.3 Å². The minimum Gasteiger partial charge on any atom is -0.306 e. The summed E-state index contributed by atoms with van der Waals surface area (Å²) in [5.41, 5.74) is 0.956. The molecular weight excluding hydrogens is 292 g/mol. The van der Waals surface area contributed by atoms with Crippen LogP contribution in [0, 0.1) is 11.6 Å². The summed E-state index contributed by atoms with van der Waals surface area (Å²) in [6, 6.07) is 2.72. The molecule has 2 aromatic heterocycles. The molecule has 0 aliphatic rings. The van der Waals surface area contributed by atoms with E-state index in [0.717, 1.165) is 23.9 Å². The van der Waals surface area contributed by atoms with E-state index in [4.69, 9.17) is 0 Å². The Morgan fingerprint density at radius 1 is 1.41 bits per heavy atom. The van der Waals surface area contributed by atoms with Crippen molar-refractivity contribution in [1.29, 1.82) is 0 Å². The maximum atomic E-state index is 13.6. The van der Waals surface area contributed by atoms with Gasteiger partial charge >= 0.3 is 0 Å². The largest absolute Gasteiger partial charge is 0.306 e. The summed E-state index contributed by atoms with van der Waals surface area (Å²) in [6.45, 7) is 1.92. The quantitative estimate of drug-likeness (QED) is 0.780. The van der Waals surface area contributed by atoms with Crippen molar-refractivity contribution < 1.29 is 13.6 Å². The number of nitrogens with one attached hydrogen (secondary N) is 2. The molecule has 2 N–H and O–H groups in total. The lowest BCUT2D eigenvalue weighted by molar-refractivity contribution is 0.102. The molecule has 0 bridgehead atoms. The van der Waals surface area contributed by atoms with Crippen LogP contribution in [0.2, 0.25) is 0 Å². The predicted molar refractivity (Wildman–Crippen MR) is 76.5 cm³/mol. The zero-order chi connectivity index (χ0) is 15.9. The molecule has 0 aliphatic carbocycles. The number of fused-ring (bicyclic) bond motifs is 1. The Labute approximate surface area is 124 Å². The number of amides is 1. The SMILES string of the molecule is CCc1nn(C)c2n[nH]c(NC(=O)c3cc(F)ccc3F)c12. The molecule has 0 aliphatic heterocycles. The summed E-state index contributed by atoms with van der Waals surface area (Å²) in [5.74, 6) is -1.92. The maximum Gasteiger partial charge on any atom is 0.259 e. The van der Waals surface area contributed by atoms with Gasteiger partial charge in [0.05, 0.1) is 16.6 Å². The lowest BCUT2D eigenvalue weighted by Gasteiger charge is -2.04. The van der Waals surface area contributed by atoms with Gasteiger partial charge < -0.3 is 5.32 Å². The summed E-state index contributed by atoms with van der Waals surface area (Å²) < 4.78 is 28.4. The highest BCUT2D eigenvalue weighted by atomic mass is 19.1. The van der Waals surface area contributed by atoms with E-state index in [9.17, 15) is 13.6 Å². The Morgan fingerprint density at radius 3 is 2.91 bits per heavy atom. The fourth-order valence-electron chi connectivity index (χ4n) is 2.31. The van der Waals surface area contributed by atoms with Gasteiger partial charge in [-0.2, -0.15) is 10.2 Å². The Balaban J connectivity index is 1.99. The van der Waals surface area contributed by atoms with Crippen molar-refractivity contribution >= 4 is 22.8 Å². The lowest BCUT2D eigenvalue weighted by Crippen LogP contribution is -2.14. The highest BCUT2D eigenvalue weighted by Crippen LogP contribution is 2.25. The van der Waals surface area contributed by atoms with Crippen molar-refractivity contribution in [3.8, 4) is 0 Å². The van der Waals surface area contributed by atoms with Crippen molar-refractivity contribution in [2.75, 3.05) is 5.32 Å². The van der Waals surface area contributed by atoms with E-state index in [1.807, 2.05) is 6.92 Å². The molecule has 0 fully saturated rings. The average molecular weight is 305 g/mol. The molecule has 6 nitrogen and oxygen atoms in total. The standard InChI is InChI=1S/C14H13F2N5O/c1-3-10-11-12(18-19-13(11)21(2)20-10)17-14(22)8-6-7(15)4-5-9(8)16/h4-6H,3H2,1-2H3,(H2,17,18,19,22). The molecule has 0 unspecified atom stereocenters. The van der Waals surface area contributed by atoms with Crippen molar-refractivity contribution in [3.63, 3.8) is 0 Å². The number of rotatable bonds is 3. The second-order valence-corrected chi connectivity index (χ2v) is 4.80. The molecule has 0 radical (unpaired) electrons. The van der Waals surface area contributed by atoms with Gasteiger partial charge in [-0.15, -0.1) is 0 Å². The summed E-state index contributed by atoms with van der Waals surface area (Å²) in [4.78, 5) is 12.1. The van der Waals surface area contributed by atoms with Crippen molar-refractivity contribution in [1.82, 2.24) is 20.0 Å². The lowest BCUT2D eigenvalue weighted by atomic mass is 10.2. The zero-order valence-electron chi connectivity index (χ0n) is 11.9. The van der Waals surface area contributed by atoms with Gasteiger partial charge in [0.2, 0.25) is 0 Å². The van der Waals surface area contributed by atoms with E-state index in [2.05, 4.69) is 20.6 Å². The van der Waals surface area contributed by atoms with Gasteiger partial charge in [0.25, 0.3) is 5.91 Å². The minimum absolute atomic E-state index is 0.314. The molecule has 0 atom stereocenters. The molecule has 22 heavy (non-hydrogen) atoms. The average Bonchev–Trinajstić information content (AvgIpc) is 3.03. The van der Waals surface area contributed by atoms with Crippen LogP contribution in [-0.4, -0.2) is 25.9 Å². The van der Waals surface area contributed by atoms with Crippen LogP contribution in [0.25, 0.3) is 11.0 Å². The number of aromatic nitrogens is 4. The minimum atomic E-state index is -0.795. The number of carbonyl (C=O) groups excluding carboxylic acids is 1. The second kappa shape index (κ2) is 5.21. The summed E-state index contributed by atoms with van der Waals surface area (Å²) in [5, 5.41) is 14.2. The van der Waals surface area contributed by atoms with Gasteiger partial charge in [-0.3, -0.25) is 9.89 Å². The molecule has 1 amide bonds. The number of halogens is 2. The van der Waals surface area contributed by atoms with Crippen molar-refractivity contribution in [2.24, 2.45) is 7.05 Å². The molecule has 114 valence electrons. The van der Waals surface area contributed by atoms with Crippen LogP contribution in [0.15, 0.2) is 18.2 Å². The van der Waals surface area contributed by atoms with Gasteiger partial charge in [0.1, 0.15) is 17.5 Å². The molecule has 3 rings (SSSR count). The number of nitrogens with zero attached hydrogens (tertiary/aromatic N) is 3. The first-order valence-corrected chi connectivity index (χ1v) is 6.67. The third-order valence-corrected chi connectivity index (χ3v) is 3.36. The van der Waals surface area contributed by atoms with Crippen LogP contribution < -0.4 is 5.32 Å². The number of hydrogen-bond acceptors (Lipinski definition) is 3. The van der Waals surface area contributed by atoms with Crippen LogP contribution in [0.3, 0.4) is 0 Å². The first kappa shape index (κ1) is 14.2. The highest BCUT2D eigenvalue weighted by Gasteiger charge is 2.19. The van der Waals surface area contributed by atoms with E-state index in [1.54, 1.807) is 11.7 Å². The molecule has 8 heteroatoms. The van der Waals surface area contributed by atoms with E-state index in [-0.39, 0.29) is 5.56 Å². The third kappa shape index (κ3) is 2.22. The third-order valence-electron chi connectivity index (χ3n) is 3.36. The van der Waals surface area contributed by atoms with E-state index >= 15 is 0 Å². The van der Waals surface area contributed by atoms with E-state index in [1.165, 1.54) is 0 Å². The summed E-state index contributed by atoms with van der Waals surface area (Å²) >= 11 is 0. The molecule has 0 saturated heterocycles. The summed E-state index contributed by atoms with van der Waals surface area (Å²) in [6.07, 6.45) is 0.647. The number of carbonyl (C=O) groups is 1. The van der Waals surface area contributed by atoms with Crippen molar-refractivity contribution in [3.05, 3.63) is 41.1 Å². The Kier molecular flexibility index (Phi) is 3.36. The number of anilines is 1. The van der Waals surface area contributed by atoms with Gasteiger partial charge in [-0.1, -0.05) is 6.92 Å². The molecule has 2 heterocycles. The predicted octanol–water partition coefficient (Wildman–Crippen LogP) is 2.39. The number of H-pyrrole nitrogens is 1. The van der Waals surface area contributed by atoms with Crippen molar-refractivity contribution in [2.45, 2.75) is 13.3 Å². The number of benzene rings is 1.